The Morgan fingerprint density at radius 1 is 1.64 bits per heavy atom. The molecule has 0 aromatic carbocycles. The van der Waals surface area contributed by atoms with Crippen molar-refractivity contribution in [3.8, 4) is 0 Å². The van der Waals surface area contributed by atoms with Crippen molar-refractivity contribution in [2.24, 2.45) is 0 Å². The Morgan fingerprint density at radius 2 is 2.27 bits per heavy atom. The molecule has 0 fully saturated rings. The molecule has 0 N–H and O–H groups in total. The van der Waals surface area contributed by atoms with Crippen LogP contribution in [0, 0.1) is 6.92 Å². The lowest BCUT2D eigenvalue weighted by Gasteiger charge is -1.98. The van der Waals surface area contributed by atoms with Gasteiger partial charge >= 0.3 is 0 Å². The zero-order valence-electron chi connectivity index (χ0n) is 5.77. The van der Waals surface area contributed by atoms with Gasteiger partial charge in [-0.3, -0.25) is 4.79 Å². The highest BCUT2D eigenvalue weighted by Crippen LogP contribution is 2.13. The van der Waals surface area contributed by atoms with E-state index < -0.39 is 5.24 Å². The van der Waals surface area contributed by atoms with Crippen LogP contribution in [0.2, 0.25) is 5.15 Å². The van der Waals surface area contributed by atoms with Gasteiger partial charge in [-0.1, -0.05) is 11.6 Å². The summed E-state index contributed by atoms with van der Waals surface area (Å²) >= 11 is 10.8. The Bertz CT molecular complexity index is 298. The van der Waals surface area contributed by atoms with Crippen molar-refractivity contribution in [3.63, 3.8) is 0 Å². The Hall–Kier alpha value is -0.600. The normalized spacial score (nSPS) is 9.73. The number of carbonyl (C=O) groups excluding carboxylic acids is 1. The molecule has 0 bridgehead atoms. The smallest absolute Gasteiger partial charge is 0.254 e. The van der Waals surface area contributed by atoms with E-state index in [1.165, 1.54) is 6.20 Å². The van der Waals surface area contributed by atoms with Crippen molar-refractivity contribution in [2.45, 2.75) is 6.92 Å². The van der Waals surface area contributed by atoms with Crippen LogP contribution in [0.1, 0.15) is 15.9 Å². The summed E-state index contributed by atoms with van der Waals surface area (Å²) in [5.74, 6) is 0. The molecule has 1 aromatic heterocycles. The van der Waals surface area contributed by atoms with Crippen LogP contribution >= 0.6 is 23.2 Å². The molecular weight excluding hydrogens is 185 g/mol. The third-order valence-electron chi connectivity index (χ3n) is 1.29. The summed E-state index contributed by atoms with van der Waals surface area (Å²) in [6, 6.07) is 1.59. The number of hydrogen-bond acceptors (Lipinski definition) is 2. The van der Waals surface area contributed by atoms with Crippen molar-refractivity contribution in [2.75, 3.05) is 0 Å². The third-order valence-corrected chi connectivity index (χ3v) is 1.70. The molecule has 0 aliphatic carbocycles. The first-order chi connectivity index (χ1) is 5.11. The molecule has 0 saturated heterocycles. The standard InChI is InChI=1S/C7H5Cl2NO/c1-4-2-6(8)10-3-5(4)7(9)11/h2-3H,1H3. The highest BCUT2D eigenvalue weighted by Gasteiger charge is 2.05. The minimum Gasteiger partial charge on any atom is -0.276 e. The molecule has 2 nitrogen and oxygen atoms in total. The van der Waals surface area contributed by atoms with E-state index in [9.17, 15) is 4.79 Å². The summed E-state index contributed by atoms with van der Waals surface area (Å²) < 4.78 is 0. The van der Waals surface area contributed by atoms with Crippen molar-refractivity contribution in [3.05, 3.63) is 28.5 Å². The Morgan fingerprint density at radius 3 is 2.73 bits per heavy atom. The van der Waals surface area contributed by atoms with Gasteiger partial charge in [0.05, 0.1) is 5.56 Å². The zero-order valence-corrected chi connectivity index (χ0v) is 7.28. The van der Waals surface area contributed by atoms with Crippen molar-refractivity contribution in [1.82, 2.24) is 4.98 Å². The number of carbonyl (C=O) groups is 1. The molecule has 0 unspecified atom stereocenters. The second kappa shape index (κ2) is 3.20. The largest absolute Gasteiger partial charge is 0.276 e. The molecule has 0 aliphatic heterocycles. The van der Waals surface area contributed by atoms with Gasteiger partial charge in [0.2, 0.25) is 0 Å². The SMILES string of the molecule is Cc1cc(Cl)ncc1C(=O)Cl. The van der Waals surface area contributed by atoms with Gasteiger partial charge in [0, 0.05) is 6.20 Å². The number of nitrogens with zero attached hydrogens (tertiary/aromatic N) is 1. The van der Waals surface area contributed by atoms with Crippen molar-refractivity contribution < 1.29 is 4.79 Å². The van der Waals surface area contributed by atoms with Gasteiger partial charge in [-0.25, -0.2) is 4.98 Å². The van der Waals surface area contributed by atoms with Gasteiger partial charge in [0.15, 0.2) is 0 Å². The van der Waals surface area contributed by atoms with E-state index in [0.717, 1.165) is 5.56 Å². The average Bonchev–Trinajstić information content (AvgIpc) is 1.85. The number of halogens is 2. The first kappa shape index (κ1) is 8.50. The van der Waals surface area contributed by atoms with Crippen LogP contribution in [0.25, 0.3) is 0 Å². The maximum atomic E-state index is 10.7. The van der Waals surface area contributed by atoms with Gasteiger partial charge in [0.25, 0.3) is 5.24 Å². The number of aromatic nitrogens is 1. The summed E-state index contributed by atoms with van der Waals surface area (Å²) in [6.45, 7) is 1.75. The van der Waals surface area contributed by atoms with Crippen LogP contribution < -0.4 is 0 Å². The van der Waals surface area contributed by atoms with Crippen LogP contribution in [0.5, 0.6) is 0 Å². The summed E-state index contributed by atoms with van der Waals surface area (Å²) in [5, 5.41) is -0.143. The van der Waals surface area contributed by atoms with Crippen LogP contribution in [-0.4, -0.2) is 10.2 Å². The molecule has 0 saturated carbocycles. The van der Waals surface area contributed by atoms with Crippen molar-refractivity contribution >= 4 is 28.4 Å². The van der Waals surface area contributed by atoms with E-state index in [0.29, 0.717) is 10.7 Å². The first-order valence-corrected chi connectivity index (χ1v) is 3.69. The first-order valence-electron chi connectivity index (χ1n) is 2.93. The van der Waals surface area contributed by atoms with Gasteiger partial charge in [-0.15, -0.1) is 0 Å². The number of rotatable bonds is 1. The number of aryl methyl sites for hydroxylation is 1. The van der Waals surface area contributed by atoms with E-state index in [1.807, 2.05) is 0 Å². The molecule has 0 aliphatic rings. The maximum absolute atomic E-state index is 10.7. The molecule has 0 amide bonds. The molecule has 1 aromatic rings. The predicted octanol–water partition coefficient (Wildman–Crippen LogP) is 2.42. The predicted molar refractivity (Wildman–Crippen MR) is 44.2 cm³/mol. The summed E-state index contributed by atoms with van der Waals surface area (Å²) in [5.41, 5.74) is 1.14. The quantitative estimate of drug-likeness (QED) is 0.502. The third kappa shape index (κ3) is 1.91. The minimum absolute atomic E-state index is 0.365. The Kier molecular flexibility index (Phi) is 2.47. The fourth-order valence-electron chi connectivity index (χ4n) is 0.727. The fraction of sp³-hybridized carbons (Fsp3) is 0.143. The molecule has 1 rings (SSSR count). The van der Waals surface area contributed by atoms with Crippen LogP contribution in [0.3, 0.4) is 0 Å². The topological polar surface area (TPSA) is 30.0 Å². The van der Waals surface area contributed by atoms with E-state index >= 15 is 0 Å². The van der Waals surface area contributed by atoms with Gasteiger partial charge in [0.1, 0.15) is 5.15 Å². The summed E-state index contributed by atoms with van der Waals surface area (Å²) in [7, 11) is 0. The van der Waals surface area contributed by atoms with Gasteiger partial charge in [-0.2, -0.15) is 0 Å². The van der Waals surface area contributed by atoms with E-state index in [2.05, 4.69) is 4.98 Å². The summed E-state index contributed by atoms with van der Waals surface area (Å²) in [6.07, 6.45) is 1.37. The van der Waals surface area contributed by atoms with Crippen molar-refractivity contribution in [1.29, 1.82) is 0 Å². The fourth-order valence-corrected chi connectivity index (χ4v) is 1.14. The monoisotopic (exact) mass is 189 g/mol. The average molecular weight is 190 g/mol. The lowest BCUT2D eigenvalue weighted by atomic mass is 10.2. The lowest BCUT2D eigenvalue weighted by molar-refractivity contribution is 0.108. The van der Waals surface area contributed by atoms with Crippen LogP contribution in [0.4, 0.5) is 0 Å². The molecule has 11 heavy (non-hydrogen) atoms. The highest BCUT2D eigenvalue weighted by atomic mass is 35.5. The van der Waals surface area contributed by atoms with E-state index in [-0.39, 0.29) is 0 Å². The van der Waals surface area contributed by atoms with E-state index in [4.69, 9.17) is 23.2 Å². The Labute approximate surface area is 74.1 Å². The second-order valence-corrected chi connectivity index (χ2v) is 2.83. The lowest BCUT2D eigenvalue weighted by Crippen LogP contribution is -1.94. The second-order valence-electron chi connectivity index (χ2n) is 2.10. The molecule has 58 valence electrons. The maximum Gasteiger partial charge on any atom is 0.254 e. The minimum atomic E-state index is -0.508. The molecule has 1 heterocycles. The van der Waals surface area contributed by atoms with Gasteiger partial charge in [-0.05, 0) is 30.2 Å². The molecule has 0 atom stereocenters. The van der Waals surface area contributed by atoms with Gasteiger partial charge < -0.3 is 0 Å². The van der Waals surface area contributed by atoms with E-state index in [1.54, 1.807) is 13.0 Å². The van der Waals surface area contributed by atoms with Crippen LogP contribution in [0.15, 0.2) is 12.3 Å². The number of hydrogen-bond donors (Lipinski definition) is 0. The summed E-state index contributed by atoms with van der Waals surface area (Å²) in [4.78, 5) is 14.4. The number of pyridine rings is 1. The molecule has 4 heteroatoms. The molecular formula is C7H5Cl2NO. The molecule has 0 spiro atoms. The highest BCUT2D eigenvalue weighted by molar-refractivity contribution is 6.67. The molecule has 0 radical (unpaired) electrons. The van der Waals surface area contributed by atoms with Crippen LogP contribution in [-0.2, 0) is 0 Å². The zero-order chi connectivity index (χ0) is 8.43. The Balaban J connectivity index is 3.20.